The predicted molar refractivity (Wildman–Crippen MR) is 107 cm³/mol. The molecule has 0 unspecified atom stereocenters. The lowest BCUT2D eigenvalue weighted by atomic mass is 9.94. The van der Waals surface area contributed by atoms with Crippen LogP contribution in [0.5, 0.6) is 5.75 Å². The van der Waals surface area contributed by atoms with Crippen molar-refractivity contribution in [3.63, 3.8) is 0 Å². The summed E-state index contributed by atoms with van der Waals surface area (Å²) in [5.74, 6) is 0.0102. The lowest BCUT2D eigenvalue weighted by Crippen LogP contribution is -2.33. The first kappa shape index (κ1) is 20.9. The van der Waals surface area contributed by atoms with Gasteiger partial charge < -0.3 is 30.0 Å². The Bertz CT molecular complexity index is 848. The number of aromatic hydroxyl groups is 1. The summed E-state index contributed by atoms with van der Waals surface area (Å²) in [4.78, 5) is 22.5. The van der Waals surface area contributed by atoms with Crippen LogP contribution in [-0.2, 0) is 19.0 Å². The average molecular weight is 402 g/mol. The molecule has 0 bridgehead atoms. The molecule has 0 radical (unpaired) electrons. The Morgan fingerprint density at radius 3 is 2.76 bits per heavy atom. The Morgan fingerprint density at radius 1 is 1.21 bits per heavy atom. The number of nitrogens with one attached hydrogen (secondary N) is 2. The Kier molecular flexibility index (Phi) is 7.26. The molecule has 8 heteroatoms. The molecule has 2 amide bonds. The molecule has 3 N–H and O–H groups in total. The van der Waals surface area contributed by atoms with Gasteiger partial charge in [-0.2, -0.15) is 0 Å². The second-order valence-corrected chi connectivity index (χ2v) is 6.86. The molecule has 1 aliphatic rings. The predicted octanol–water partition coefficient (Wildman–Crippen LogP) is 2.25. The number of carbonyl (C=O) groups is 2. The van der Waals surface area contributed by atoms with Crippen LogP contribution in [0, 0.1) is 0 Å². The van der Waals surface area contributed by atoms with Crippen molar-refractivity contribution < 1.29 is 28.9 Å². The molecule has 0 aliphatic carbocycles. The number of phenolic OH excluding ortho intramolecular Hbond substituents is 1. The number of likely N-dealkylation sites (N-methyl/N-ethyl adjacent to an activating group) is 1. The van der Waals surface area contributed by atoms with Crippen LogP contribution in [0.15, 0.2) is 36.4 Å². The lowest BCUT2D eigenvalue weighted by molar-refractivity contribution is -0.189. The Balaban J connectivity index is 1.40. The van der Waals surface area contributed by atoms with E-state index in [1.807, 2.05) is 18.2 Å². The maximum Gasteiger partial charge on any atom is 0.407 e. The highest BCUT2D eigenvalue weighted by molar-refractivity contribution is 5.87. The third-order valence-electron chi connectivity index (χ3n) is 4.80. The summed E-state index contributed by atoms with van der Waals surface area (Å²) >= 11 is 0. The normalized spacial score (nSPS) is 18.9. The molecule has 29 heavy (non-hydrogen) atoms. The van der Waals surface area contributed by atoms with Gasteiger partial charge >= 0.3 is 6.09 Å². The molecule has 8 nitrogen and oxygen atoms in total. The van der Waals surface area contributed by atoms with Crippen LogP contribution in [0.25, 0.3) is 10.8 Å². The number of hydrogen-bond acceptors (Lipinski definition) is 6. The molecule has 0 aromatic heterocycles. The summed E-state index contributed by atoms with van der Waals surface area (Å²) in [6.45, 7) is 1.21. The molecule has 1 heterocycles. The van der Waals surface area contributed by atoms with E-state index in [4.69, 9.17) is 14.2 Å². The standard InChI is InChI=1S/C21H26N2O6/c1-22-19(25)13-29-21(26)23-9-3-6-20-27-11-15(12-28-20)17-5-2-4-14-10-16(24)7-8-18(14)17/h2,4-5,7-8,10,15,20,24H,3,6,9,11-13H2,1H3,(H,22,25)(H,23,26). The van der Waals surface area contributed by atoms with Crippen molar-refractivity contribution in [2.75, 3.05) is 33.4 Å². The molecule has 0 spiro atoms. The molecular weight excluding hydrogens is 376 g/mol. The van der Waals surface area contributed by atoms with Crippen LogP contribution in [0.3, 0.4) is 0 Å². The average Bonchev–Trinajstić information content (AvgIpc) is 2.74. The highest BCUT2D eigenvalue weighted by atomic mass is 16.7. The fraction of sp³-hybridized carbons (Fsp3) is 0.429. The van der Waals surface area contributed by atoms with Crippen molar-refractivity contribution in [3.05, 3.63) is 42.0 Å². The van der Waals surface area contributed by atoms with Gasteiger partial charge in [0.05, 0.1) is 13.2 Å². The van der Waals surface area contributed by atoms with E-state index < -0.39 is 6.09 Å². The Morgan fingerprint density at radius 2 is 2.00 bits per heavy atom. The van der Waals surface area contributed by atoms with Gasteiger partial charge in [0.1, 0.15) is 5.75 Å². The van der Waals surface area contributed by atoms with Crippen LogP contribution in [0.4, 0.5) is 4.79 Å². The smallest absolute Gasteiger partial charge is 0.407 e. The second-order valence-electron chi connectivity index (χ2n) is 6.86. The molecule has 2 aromatic carbocycles. The summed E-state index contributed by atoms with van der Waals surface area (Å²) in [7, 11) is 1.48. The zero-order chi connectivity index (χ0) is 20.6. The molecule has 2 aromatic rings. The monoisotopic (exact) mass is 402 g/mol. The molecule has 1 saturated heterocycles. The van der Waals surface area contributed by atoms with Gasteiger partial charge in [-0.1, -0.05) is 24.3 Å². The van der Waals surface area contributed by atoms with Gasteiger partial charge in [0.2, 0.25) is 0 Å². The van der Waals surface area contributed by atoms with Gasteiger partial charge in [-0.15, -0.1) is 0 Å². The number of rotatable bonds is 7. The van der Waals surface area contributed by atoms with Crippen LogP contribution in [0.1, 0.15) is 24.3 Å². The van der Waals surface area contributed by atoms with Crippen molar-refractivity contribution in [1.82, 2.24) is 10.6 Å². The minimum Gasteiger partial charge on any atom is -0.508 e. The minimum absolute atomic E-state index is 0.123. The van der Waals surface area contributed by atoms with E-state index in [1.165, 1.54) is 7.05 Å². The molecular formula is C21H26N2O6. The third kappa shape index (κ3) is 5.82. The van der Waals surface area contributed by atoms with E-state index in [1.54, 1.807) is 12.1 Å². The molecule has 1 fully saturated rings. The fourth-order valence-corrected chi connectivity index (χ4v) is 3.26. The number of phenols is 1. The van der Waals surface area contributed by atoms with E-state index >= 15 is 0 Å². The molecule has 1 aliphatic heterocycles. The second kappa shape index (κ2) is 10.1. The number of benzene rings is 2. The van der Waals surface area contributed by atoms with E-state index in [9.17, 15) is 14.7 Å². The molecule has 3 rings (SSSR count). The van der Waals surface area contributed by atoms with Crippen molar-refractivity contribution in [2.24, 2.45) is 0 Å². The number of hydrogen-bond donors (Lipinski definition) is 3. The van der Waals surface area contributed by atoms with Crippen molar-refractivity contribution in [2.45, 2.75) is 25.0 Å². The van der Waals surface area contributed by atoms with E-state index in [-0.39, 0.29) is 30.5 Å². The number of alkyl carbamates (subject to hydrolysis) is 1. The van der Waals surface area contributed by atoms with Crippen molar-refractivity contribution >= 4 is 22.8 Å². The molecule has 0 atom stereocenters. The summed E-state index contributed by atoms with van der Waals surface area (Å²) < 4.78 is 16.5. The SMILES string of the molecule is CNC(=O)COC(=O)NCCCC1OCC(c2cccc3cc(O)ccc23)CO1. The summed E-state index contributed by atoms with van der Waals surface area (Å²) in [6, 6.07) is 11.4. The van der Waals surface area contributed by atoms with Gasteiger partial charge in [0.15, 0.2) is 12.9 Å². The number of fused-ring (bicyclic) bond motifs is 1. The Labute approximate surface area is 169 Å². The van der Waals surface area contributed by atoms with Crippen LogP contribution in [-0.4, -0.2) is 56.8 Å². The lowest BCUT2D eigenvalue weighted by Gasteiger charge is -2.30. The van der Waals surface area contributed by atoms with E-state index in [0.717, 1.165) is 16.3 Å². The molecule has 156 valence electrons. The van der Waals surface area contributed by atoms with E-state index in [0.29, 0.717) is 32.6 Å². The fourth-order valence-electron chi connectivity index (χ4n) is 3.26. The van der Waals surface area contributed by atoms with Crippen LogP contribution >= 0.6 is 0 Å². The van der Waals surface area contributed by atoms with Gasteiger partial charge in [0.25, 0.3) is 5.91 Å². The first-order valence-corrected chi connectivity index (χ1v) is 9.63. The van der Waals surface area contributed by atoms with Gasteiger partial charge in [-0.25, -0.2) is 4.79 Å². The zero-order valence-corrected chi connectivity index (χ0v) is 16.3. The summed E-state index contributed by atoms with van der Waals surface area (Å²) in [6.07, 6.45) is 0.374. The first-order valence-electron chi connectivity index (χ1n) is 9.63. The number of amides is 2. The van der Waals surface area contributed by atoms with Gasteiger partial charge in [-0.3, -0.25) is 4.79 Å². The largest absolute Gasteiger partial charge is 0.508 e. The van der Waals surface area contributed by atoms with Crippen molar-refractivity contribution in [1.29, 1.82) is 0 Å². The maximum absolute atomic E-state index is 11.5. The minimum atomic E-state index is -0.624. The van der Waals surface area contributed by atoms with Gasteiger partial charge in [0, 0.05) is 25.9 Å². The highest BCUT2D eigenvalue weighted by Gasteiger charge is 2.24. The van der Waals surface area contributed by atoms with Crippen molar-refractivity contribution in [3.8, 4) is 5.75 Å². The number of carbonyl (C=O) groups excluding carboxylic acids is 2. The quantitative estimate of drug-likeness (QED) is 0.614. The summed E-state index contributed by atoms with van der Waals surface area (Å²) in [5.41, 5.74) is 1.14. The van der Waals surface area contributed by atoms with Gasteiger partial charge in [-0.05, 0) is 34.9 Å². The van der Waals surface area contributed by atoms with E-state index in [2.05, 4.69) is 16.7 Å². The number of ether oxygens (including phenoxy) is 3. The topological polar surface area (TPSA) is 106 Å². The summed E-state index contributed by atoms with van der Waals surface area (Å²) in [5, 5.41) is 16.7. The third-order valence-corrected chi connectivity index (χ3v) is 4.80. The molecule has 0 saturated carbocycles. The maximum atomic E-state index is 11.5. The zero-order valence-electron chi connectivity index (χ0n) is 16.3. The highest BCUT2D eigenvalue weighted by Crippen LogP contribution is 2.31. The van der Waals surface area contributed by atoms with Crippen LogP contribution < -0.4 is 10.6 Å². The van der Waals surface area contributed by atoms with Crippen LogP contribution in [0.2, 0.25) is 0 Å². The first-order chi connectivity index (χ1) is 14.1. The Hall–Kier alpha value is -2.84.